The Morgan fingerprint density at radius 3 is 2.83 bits per heavy atom. The fraction of sp³-hybridized carbons (Fsp3) is 0.538. The highest BCUT2D eigenvalue weighted by Gasteiger charge is 2.07. The van der Waals surface area contributed by atoms with E-state index in [1.807, 2.05) is 26.8 Å². The Kier molecular flexibility index (Phi) is 5.58. The standard InChI is InChI=1S/C13H20N2O3/c1-9(2)14-13(17)6-7-18-12-5-4-10(3)15-11(12)8-16/h4-5,9,16H,6-8H2,1-3H3,(H,14,17). The van der Waals surface area contributed by atoms with Crippen molar-refractivity contribution in [3.05, 3.63) is 23.5 Å². The summed E-state index contributed by atoms with van der Waals surface area (Å²) in [7, 11) is 0. The molecule has 0 saturated heterocycles. The third kappa shape index (κ3) is 4.71. The predicted octanol–water partition coefficient (Wildman–Crippen LogP) is 1.18. The summed E-state index contributed by atoms with van der Waals surface area (Å²) in [5.74, 6) is 0.482. The van der Waals surface area contributed by atoms with Gasteiger partial charge in [-0.1, -0.05) is 0 Å². The molecule has 0 aromatic carbocycles. The van der Waals surface area contributed by atoms with Crippen molar-refractivity contribution in [1.29, 1.82) is 0 Å². The Morgan fingerprint density at radius 2 is 2.22 bits per heavy atom. The summed E-state index contributed by atoms with van der Waals surface area (Å²) in [5.41, 5.74) is 1.32. The molecule has 0 unspecified atom stereocenters. The van der Waals surface area contributed by atoms with Crippen LogP contribution in [0, 0.1) is 6.92 Å². The molecule has 100 valence electrons. The number of aromatic nitrogens is 1. The smallest absolute Gasteiger partial charge is 0.223 e. The molecule has 1 aromatic heterocycles. The van der Waals surface area contributed by atoms with Crippen molar-refractivity contribution in [3.8, 4) is 5.75 Å². The van der Waals surface area contributed by atoms with Crippen LogP contribution in [0.1, 0.15) is 31.7 Å². The molecule has 5 heteroatoms. The zero-order valence-corrected chi connectivity index (χ0v) is 11.1. The molecule has 1 amide bonds. The van der Waals surface area contributed by atoms with E-state index in [0.717, 1.165) is 5.69 Å². The van der Waals surface area contributed by atoms with Crippen LogP contribution in [0.4, 0.5) is 0 Å². The van der Waals surface area contributed by atoms with Crippen molar-refractivity contribution in [1.82, 2.24) is 10.3 Å². The maximum Gasteiger partial charge on any atom is 0.223 e. The lowest BCUT2D eigenvalue weighted by molar-refractivity contribution is -0.122. The number of carbonyl (C=O) groups excluding carboxylic acids is 1. The molecule has 18 heavy (non-hydrogen) atoms. The Bertz CT molecular complexity index is 405. The number of hydrogen-bond donors (Lipinski definition) is 2. The molecule has 0 aliphatic rings. The first-order valence-corrected chi connectivity index (χ1v) is 6.02. The number of aryl methyl sites for hydroxylation is 1. The van der Waals surface area contributed by atoms with Crippen molar-refractivity contribution >= 4 is 5.91 Å². The van der Waals surface area contributed by atoms with E-state index in [1.165, 1.54) is 0 Å². The Labute approximate surface area is 107 Å². The van der Waals surface area contributed by atoms with Gasteiger partial charge in [-0.2, -0.15) is 0 Å². The lowest BCUT2D eigenvalue weighted by Crippen LogP contribution is -2.31. The van der Waals surface area contributed by atoms with Crippen molar-refractivity contribution in [2.45, 2.75) is 39.8 Å². The predicted molar refractivity (Wildman–Crippen MR) is 68.3 cm³/mol. The third-order valence-corrected chi connectivity index (χ3v) is 2.26. The van der Waals surface area contributed by atoms with Crippen LogP contribution < -0.4 is 10.1 Å². The van der Waals surface area contributed by atoms with Crippen LogP contribution in [0.15, 0.2) is 12.1 Å². The van der Waals surface area contributed by atoms with E-state index in [4.69, 9.17) is 9.84 Å². The van der Waals surface area contributed by atoms with E-state index in [0.29, 0.717) is 11.4 Å². The average Bonchev–Trinajstić information content (AvgIpc) is 2.30. The van der Waals surface area contributed by atoms with Gasteiger partial charge in [-0.15, -0.1) is 0 Å². The van der Waals surface area contributed by atoms with Crippen LogP contribution in [0.3, 0.4) is 0 Å². The molecule has 0 aliphatic carbocycles. The van der Waals surface area contributed by atoms with E-state index >= 15 is 0 Å². The highest BCUT2D eigenvalue weighted by atomic mass is 16.5. The Hall–Kier alpha value is -1.62. The molecule has 0 saturated carbocycles. The second-order valence-electron chi connectivity index (χ2n) is 4.38. The zero-order chi connectivity index (χ0) is 13.5. The van der Waals surface area contributed by atoms with Gasteiger partial charge in [0.25, 0.3) is 0 Å². The number of ether oxygens (including phenoxy) is 1. The number of hydrogen-bond acceptors (Lipinski definition) is 4. The number of nitrogens with zero attached hydrogens (tertiary/aromatic N) is 1. The number of aliphatic hydroxyl groups is 1. The van der Waals surface area contributed by atoms with Gasteiger partial charge in [-0.05, 0) is 32.9 Å². The van der Waals surface area contributed by atoms with Crippen molar-refractivity contribution in [2.24, 2.45) is 0 Å². The summed E-state index contributed by atoms with van der Waals surface area (Å²) < 4.78 is 5.45. The minimum Gasteiger partial charge on any atom is -0.491 e. The Morgan fingerprint density at radius 1 is 1.50 bits per heavy atom. The maximum absolute atomic E-state index is 11.4. The molecular formula is C13H20N2O3. The van der Waals surface area contributed by atoms with Crippen molar-refractivity contribution in [2.75, 3.05) is 6.61 Å². The second-order valence-corrected chi connectivity index (χ2v) is 4.38. The molecule has 0 fully saturated rings. The molecule has 0 spiro atoms. The molecule has 1 rings (SSSR count). The summed E-state index contributed by atoms with van der Waals surface area (Å²) in [6.07, 6.45) is 0.289. The molecular weight excluding hydrogens is 232 g/mol. The first kappa shape index (κ1) is 14.4. The first-order chi connectivity index (χ1) is 8.52. The molecule has 0 bridgehead atoms. The summed E-state index contributed by atoms with van der Waals surface area (Å²) >= 11 is 0. The van der Waals surface area contributed by atoms with Gasteiger partial charge in [-0.3, -0.25) is 9.78 Å². The van der Waals surface area contributed by atoms with E-state index in [9.17, 15) is 4.79 Å². The van der Waals surface area contributed by atoms with Gasteiger partial charge in [0.1, 0.15) is 11.4 Å². The minimum absolute atomic E-state index is 0.0457. The maximum atomic E-state index is 11.4. The molecule has 0 atom stereocenters. The molecule has 1 heterocycles. The van der Waals surface area contributed by atoms with Gasteiger partial charge in [0.2, 0.25) is 5.91 Å². The van der Waals surface area contributed by atoms with E-state index < -0.39 is 0 Å². The average molecular weight is 252 g/mol. The quantitative estimate of drug-likeness (QED) is 0.797. The summed E-state index contributed by atoms with van der Waals surface area (Å²) in [4.78, 5) is 15.6. The second kappa shape index (κ2) is 6.96. The van der Waals surface area contributed by atoms with Gasteiger partial charge in [0, 0.05) is 11.7 Å². The summed E-state index contributed by atoms with van der Waals surface area (Å²) in [6.45, 7) is 5.77. The summed E-state index contributed by atoms with van der Waals surface area (Å²) in [6, 6.07) is 3.70. The minimum atomic E-state index is -0.171. The molecule has 0 aliphatic heterocycles. The third-order valence-electron chi connectivity index (χ3n) is 2.26. The van der Waals surface area contributed by atoms with Gasteiger partial charge < -0.3 is 15.2 Å². The van der Waals surface area contributed by atoms with Crippen LogP contribution in [-0.2, 0) is 11.4 Å². The normalized spacial score (nSPS) is 10.5. The molecule has 5 nitrogen and oxygen atoms in total. The van der Waals surface area contributed by atoms with Crippen molar-refractivity contribution < 1.29 is 14.6 Å². The monoisotopic (exact) mass is 252 g/mol. The topological polar surface area (TPSA) is 71.5 Å². The highest BCUT2D eigenvalue weighted by molar-refractivity contribution is 5.76. The van der Waals surface area contributed by atoms with E-state index in [-0.39, 0.29) is 31.6 Å². The van der Waals surface area contributed by atoms with Crippen LogP contribution in [0.25, 0.3) is 0 Å². The van der Waals surface area contributed by atoms with Crippen LogP contribution in [-0.4, -0.2) is 28.6 Å². The number of rotatable bonds is 6. The summed E-state index contributed by atoms with van der Waals surface area (Å²) in [5, 5.41) is 11.9. The lowest BCUT2D eigenvalue weighted by atomic mass is 10.3. The van der Waals surface area contributed by atoms with E-state index in [1.54, 1.807) is 6.07 Å². The number of carbonyl (C=O) groups is 1. The fourth-order valence-electron chi connectivity index (χ4n) is 1.49. The fourth-order valence-corrected chi connectivity index (χ4v) is 1.49. The Balaban J connectivity index is 2.46. The van der Waals surface area contributed by atoms with Gasteiger partial charge in [-0.25, -0.2) is 0 Å². The zero-order valence-electron chi connectivity index (χ0n) is 11.1. The van der Waals surface area contributed by atoms with Crippen LogP contribution in [0.5, 0.6) is 5.75 Å². The number of amides is 1. The molecule has 2 N–H and O–H groups in total. The van der Waals surface area contributed by atoms with Gasteiger partial charge in [0.05, 0.1) is 19.6 Å². The largest absolute Gasteiger partial charge is 0.491 e. The van der Waals surface area contributed by atoms with Gasteiger partial charge in [0.15, 0.2) is 0 Å². The van der Waals surface area contributed by atoms with Crippen LogP contribution >= 0.6 is 0 Å². The molecule has 0 radical (unpaired) electrons. The number of pyridine rings is 1. The van der Waals surface area contributed by atoms with Crippen LogP contribution in [0.2, 0.25) is 0 Å². The number of aliphatic hydroxyl groups excluding tert-OH is 1. The first-order valence-electron chi connectivity index (χ1n) is 6.02. The molecule has 1 aromatic rings. The van der Waals surface area contributed by atoms with E-state index in [2.05, 4.69) is 10.3 Å². The van der Waals surface area contributed by atoms with Crippen molar-refractivity contribution in [3.63, 3.8) is 0 Å². The number of nitrogens with one attached hydrogen (secondary N) is 1. The lowest BCUT2D eigenvalue weighted by Gasteiger charge is -2.11. The van der Waals surface area contributed by atoms with Gasteiger partial charge >= 0.3 is 0 Å². The SMILES string of the molecule is Cc1ccc(OCCC(=O)NC(C)C)c(CO)n1. The highest BCUT2D eigenvalue weighted by Crippen LogP contribution is 2.16.